The zero-order valence-corrected chi connectivity index (χ0v) is 39.7. The predicted molar refractivity (Wildman–Crippen MR) is 296 cm³/mol. The zero-order chi connectivity index (χ0) is 47.3. The first-order chi connectivity index (χ1) is 34.2. The van der Waals surface area contributed by atoms with Gasteiger partial charge in [-0.2, -0.15) is 0 Å². The highest BCUT2D eigenvalue weighted by Crippen LogP contribution is 2.51. The maximum atomic E-state index is 6.45. The van der Waals surface area contributed by atoms with Crippen molar-refractivity contribution in [2.75, 3.05) is 11.6 Å². The number of anilines is 1. The van der Waals surface area contributed by atoms with Gasteiger partial charge in [-0.15, -0.1) is 0 Å². The fourth-order valence-electron chi connectivity index (χ4n) is 11.7. The minimum Gasteiger partial charge on any atom is -0.398 e. The lowest BCUT2D eigenvalue weighted by Crippen LogP contribution is -2.35. The number of fused-ring (bicyclic) bond motifs is 12. The van der Waals surface area contributed by atoms with Crippen molar-refractivity contribution in [1.29, 1.82) is 0 Å². The van der Waals surface area contributed by atoms with E-state index < -0.39 is 0 Å². The molecule has 0 aliphatic heterocycles. The number of benzene rings is 9. The van der Waals surface area contributed by atoms with Crippen LogP contribution in [-0.2, 0) is 11.8 Å². The van der Waals surface area contributed by atoms with Gasteiger partial charge in [-0.25, -0.2) is 0 Å². The molecular formula is C65H53N5. The lowest BCUT2D eigenvalue weighted by molar-refractivity contribution is 0.661. The molecule has 5 heteroatoms. The van der Waals surface area contributed by atoms with Gasteiger partial charge in [0.25, 0.3) is 0 Å². The smallest absolute Gasteiger partial charge is 0.0703 e. The van der Waals surface area contributed by atoms with Crippen LogP contribution in [0.4, 0.5) is 5.69 Å². The van der Waals surface area contributed by atoms with Gasteiger partial charge in [0.05, 0.1) is 32.9 Å². The molecule has 2 aliphatic rings. The maximum Gasteiger partial charge on any atom is 0.0703 e. The summed E-state index contributed by atoms with van der Waals surface area (Å²) < 4.78 is 6.63. The number of hydrogen-bond acceptors (Lipinski definition) is 2. The SMILES string of the molecule is CC1(C)c2ccccc2-c2cc3c4ccccc4n(-c4cccc(Cc5ccccc5N)c4)c3cc21.CC1C=c2c(n(N)c3ccc(-c4ccc5c(c4)c4ccccc4n5-c4ccccc4)cc23)=CC1. The highest BCUT2D eigenvalue weighted by atomic mass is 15.3. The molecule has 3 heterocycles. The zero-order valence-electron chi connectivity index (χ0n) is 39.7. The van der Waals surface area contributed by atoms with E-state index in [0.29, 0.717) is 5.92 Å². The molecule has 0 bridgehead atoms. The second-order valence-corrected chi connectivity index (χ2v) is 19.9. The number of nitrogens with two attached hydrogens (primary N) is 2. The second kappa shape index (κ2) is 16.0. The van der Waals surface area contributed by atoms with Crippen molar-refractivity contribution in [1.82, 2.24) is 13.8 Å². The molecule has 0 amide bonds. The van der Waals surface area contributed by atoms with Crippen LogP contribution in [0.15, 0.2) is 200 Å². The Bertz CT molecular complexity index is 4200. The Morgan fingerprint density at radius 1 is 0.500 bits per heavy atom. The molecule has 70 heavy (non-hydrogen) atoms. The Hall–Kier alpha value is -8.54. The quantitative estimate of drug-likeness (QED) is 0.133. The largest absolute Gasteiger partial charge is 0.398 e. The van der Waals surface area contributed by atoms with Gasteiger partial charge >= 0.3 is 0 Å². The van der Waals surface area contributed by atoms with E-state index in [0.717, 1.165) is 35.0 Å². The van der Waals surface area contributed by atoms with E-state index in [9.17, 15) is 0 Å². The van der Waals surface area contributed by atoms with Crippen LogP contribution >= 0.6 is 0 Å². The number of hydrogen-bond donors (Lipinski definition) is 2. The van der Waals surface area contributed by atoms with Gasteiger partial charge in [-0.05, 0) is 142 Å². The topological polar surface area (TPSA) is 66.8 Å². The molecule has 0 saturated heterocycles. The average Bonchev–Trinajstić information content (AvgIpc) is 4.07. The first kappa shape index (κ1) is 41.6. The number of para-hydroxylation sites is 4. The normalized spacial score (nSPS) is 14.5. The van der Waals surface area contributed by atoms with E-state index >= 15 is 0 Å². The molecule has 0 saturated carbocycles. The summed E-state index contributed by atoms with van der Waals surface area (Å²) in [4.78, 5) is 0. The average molecular weight is 904 g/mol. The first-order valence-corrected chi connectivity index (χ1v) is 24.5. The van der Waals surface area contributed by atoms with E-state index in [2.05, 4.69) is 230 Å². The van der Waals surface area contributed by atoms with Crippen LogP contribution in [0.5, 0.6) is 0 Å². The standard InChI is InChI=1S/C34H28N2.C31H25N3/c1-34(2)29-15-6-4-13-25(29)27-20-28-26-14-5-8-17-32(26)36(33(28)21-30(27)34)24-12-9-10-22(19-24)18-23-11-3-7-16-31(23)35;1-20-11-14-30-25(17-20)27-19-22(13-16-31(27)34(30)32)21-12-15-29-26(18-21)24-9-5-6-10-28(24)33(29)23-7-3-2-4-8-23/h3-17,19-21H,18,35H2,1-2H3;2-10,12-20H,11,32H2,1H3. The summed E-state index contributed by atoms with van der Waals surface area (Å²) in [6.07, 6.45) is 6.48. The van der Waals surface area contributed by atoms with Crippen molar-refractivity contribution in [2.45, 2.75) is 39.0 Å². The minimum absolute atomic E-state index is 0.0336. The van der Waals surface area contributed by atoms with E-state index in [4.69, 9.17) is 11.6 Å². The Kier molecular flexibility index (Phi) is 9.54. The van der Waals surface area contributed by atoms with Crippen molar-refractivity contribution < 1.29 is 0 Å². The fourth-order valence-corrected chi connectivity index (χ4v) is 11.7. The third-order valence-electron chi connectivity index (χ3n) is 15.2. The Labute approximate surface area is 407 Å². The van der Waals surface area contributed by atoms with Gasteiger partial charge in [0.1, 0.15) is 0 Å². The molecule has 1 unspecified atom stereocenters. The first-order valence-electron chi connectivity index (χ1n) is 24.5. The molecule has 1 atom stereocenters. The summed E-state index contributed by atoms with van der Waals surface area (Å²) in [5.74, 6) is 6.98. The fraction of sp³-hybridized carbons (Fsp3) is 0.108. The highest BCUT2D eigenvalue weighted by Gasteiger charge is 2.36. The van der Waals surface area contributed by atoms with Gasteiger partial charge in [0.2, 0.25) is 0 Å². The molecule has 2 aliphatic carbocycles. The number of rotatable bonds is 5. The molecule has 0 radical (unpaired) electrons. The molecule has 9 aromatic carbocycles. The summed E-state index contributed by atoms with van der Waals surface area (Å²) in [5.41, 5.74) is 25.8. The van der Waals surface area contributed by atoms with Gasteiger partial charge in [0.15, 0.2) is 0 Å². The van der Waals surface area contributed by atoms with Crippen LogP contribution in [0.1, 0.15) is 49.4 Å². The number of nitrogens with zero attached hydrogens (tertiary/aromatic N) is 3. The highest BCUT2D eigenvalue weighted by molar-refractivity contribution is 6.12. The monoisotopic (exact) mass is 903 g/mol. The van der Waals surface area contributed by atoms with Crippen LogP contribution in [-0.4, -0.2) is 13.8 Å². The number of aromatic nitrogens is 3. The van der Waals surface area contributed by atoms with Crippen molar-refractivity contribution in [2.24, 2.45) is 5.92 Å². The van der Waals surface area contributed by atoms with E-state index in [1.807, 2.05) is 16.8 Å². The lowest BCUT2D eigenvalue weighted by atomic mass is 9.82. The van der Waals surface area contributed by atoms with Gasteiger partial charge < -0.3 is 20.7 Å². The molecule has 5 nitrogen and oxygen atoms in total. The summed E-state index contributed by atoms with van der Waals surface area (Å²) in [6.45, 7) is 6.96. The molecule has 14 rings (SSSR count). The molecular weight excluding hydrogens is 851 g/mol. The van der Waals surface area contributed by atoms with Crippen molar-refractivity contribution >= 4 is 72.4 Å². The summed E-state index contributed by atoms with van der Waals surface area (Å²) in [5, 5.41) is 8.75. The van der Waals surface area contributed by atoms with E-state index in [1.165, 1.54) is 105 Å². The Morgan fingerprint density at radius 3 is 1.89 bits per heavy atom. The van der Waals surface area contributed by atoms with Crippen LogP contribution < -0.4 is 22.1 Å². The van der Waals surface area contributed by atoms with Crippen LogP contribution in [0.3, 0.4) is 0 Å². The molecule has 3 aromatic heterocycles. The van der Waals surface area contributed by atoms with Gasteiger partial charge in [-0.1, -0.05) is 154 Å². The summed E-state index contributed by atoms with van der Waals surface area (Å²) >= 11 is 0. The maximum absolute atomic E-state index is 6.45. The van der Waals surface area contributed by atoms with Crippen molar-refractivity contribution in [3.8, 4) is 33.6 Å². The van der Waals surface area contributed by atoms with Crippen LogP contribution in [0.25, 0.3) is 100 Å². The summed E-state index contributed by atoms with van der Waals surface area (Å²) in [6, 6.07) is 72.3. The Morgan fingerprint density at radius 2 is 1.11 bits per heavy atom. The van der Waals surface area contributed by atoms with E-state index in [1.54, 1.807) is 0 Å². The molecule has 4 N–H and O–H groups in total. The minimum atomic E-state index is -0.0336. The predicted octanol–water partition coefficient (Wildman–Crippen LogP) is 14.0. The van der Waals surface area contributed by atoms with Crippen molar-refractivity contribution in [3.63, 3.8) is 0 Å². The van der Waals surface area contributed by atoms with Crippen LogP contribution in [0.2, 0.25) is 0 Å². The third kappa shape index (κ3) is 6.53. The molecule has 338 valence electrons. The van der Waals surface area contributed by atoms with Gasteiger partial charge in [0, 0.05) is 54.6 Å². The molecule has 0 fully saturated rings. The Balaban J connectivity index is 0.000000137. The van der Waals surface area contributed by atoms with Crippen LogP contribution in [0, 0.1) is 5.92 Å². The molecule has 0 spiro atoms. The number of nitrogen functional groups attached to an aromatic ring is 2. The van der Waals surface area contributed by atoms with Gasteiger partial charge in [-0.3, -0.25) is 4.68 Å². The lowest BCUT2D eigenvalue weighted by Gasteiger charge is -2.21. The second-order valence-electron chi connectivity index (χ2n) is 19.9. The third-order valence-corrected chi connectivity index (χ3v) is 15.2. The van der Waals surface area contributed by atoms with Crippen molar-refractivity contribution in [3.05, 3.63) is 233 Å². The summed E-state index contributed by atoms with van der Waals surface area (Å²) in [7, 11) is 0. The van der Waals surface area contributed by atoms with E-state index in [-0.39, 0.29) is 5.41 Å². The molecule has 12 aromatic rings.